The van der Waals surface area contributed by atoms with Gasteiger partial charge >= 0.3 is 6.09 Å². The zero-order valence-electron chi connectivity index (χ0n) is 6.25. The first-order chi connectivity index (χ1) is 5.31. The van der Waals surface area contributed by atoms with Crippen molar-refractivity contribution in [1.82, 2.24) is 5.32 Å². The van der Waals surface area contributed by atoms with Gasteiger partial charge in [0, 0.05) is 6.54 Å². The highest BCUT2D eigenvalue weighted by Gasteiger charge is 2.43. The highest BCUT2D eigenvalue weighted by Crippen LogP contribution is 2.37. The van der Waals surface area contributed by atoms with Crippen molar-refractivity contribution in [2.45, 2.75) is 25.0 Å². The van der Waals surface area contributed by atoms with Gasteiger partial charge in [0.2, 0.25) is 0 Å². The van der Waals surface area contributed by atoms with Gasteiger partial charge < -0.3 is 15.8 Å². The molecule has 0 spiro atoms. The minimum Gasteiger partial charge on any atom is -0.444 e. The molecule has 2 aliphatic rings. The van der Waals surface area contributed by atoms with Gasteiger partial charge in [-0.2, -0.15) is 0 Å². The van der Waals surface area contributed by atoms with E-state index >= 15 is 0 Å². The van der Waals surface area contributed by atoms with E-state index in [1.54, 1.807) is 0 Å². The van der Waals surface area contributed by atoms with Gasteiger partial charge in [-0.05, 0) is 18.8 Å². The predicted octanol–water partition coefficient (Wildman–Crippen LogP) is -0.168. The molecule has 1 saturated carbocycles. The number of cyclic esters (lactones) is 1. The third-order valence-electron chi connectivity index (χ3n) is 2.28. The maximum absolute atomic E-state index is 10.8. The summed E-state index contributed by atoms with van der Waals surface area (Å²) in [4.78, 5) is 10.8. The smallest absolute Gasteiger partial charge is 0.407 e. The maximum atomic E-state index is 10.8. The molecule has 4 nitrogen and oxygen atoms in total. The number of ether oxygens (including phenoxy) is 1. The topological polar surface area (TPSA) is 64.3 Å². The van der Waals surface area contributed by atoms with E-state index in [0.717, 1.165) is 0 Å². The summed E-state index contributed by atoms with van der Waals surface area (Å²) in [5.74, 6) is 0.572. The number of rotatable bonds is 2. The minimum absolute atomic E-state index is 0.0486. The van der Waals surface area contributed by atoms with Crippen molar-refractivity contribution in [3.63, 3.8) is 0 Å². The lowest BCUT2D eigenvalue weighted by molar-refractivity contribution is 0.119. The van der Waals surface area contributed by atoms with Crippen molar-refractivity contribution in [3.05, 3.63) is 0 Å². The number of carbonyl (C=O) groups is 1. The predicted molar refractivity (Wildman–Crippen MR) is 39.0 cm³/mol. The first-order valence-corrected chi connectivity index (χ1v) is 3.98. The molecule has 1 saturated heterocycles. The second kappa shape index (κ2) is 2.37. The van der Waals surface area contributed by atoms with Gasteiger partial charge in [-0.15, -0.1) is 0 Å². The van der Waals surface area contributed by atoms with Gasteiger partial charge in [-0.25, -0.2) is 4.79 Å². The molecule has 0 bridgehead atoms. The van der Waals surface area contributed by atoms with Gasteiger partial charge in [0.05, 0.1) is 6.04 Å². The summed E-state index contributed by atoms with van der Waals surface area (Å²) in [6, 6.07) is 0.0509. The summed E-state index contributed by atoms with van der Waals surface area (Å²) >= 11 is 0. The number of nitrogens with one attached hydrogen (secondary N) is 1. The Labute approximate surface area is 65.1 Å². The lowest BCUT2D eigenvalue weighted by Gasteiger charge is -2.12. The molecular formula is C7H12N2O2. The van der Waals surface area contributed by atoms with E-state index in [-0.39, 0.29) is 18.2 Å². The Morgan fingerprint density at radius 2 is 2.36 bits per heavy atom. The molecule has 2 atom stereocenters. The van der Waals surface area contributed by atoms with E-state index in [2.05, 4.69) is 5.32 Å². The SMILES string of the molecule is NCC1NC(=O)OC1C1CC1. The Morgan fingerprint density at radius 1 is 1.64 bits per heavy atom. The Morgan fingerprint density at radius 3 is 2.91 bits per heavy atom. The van der Waals surface area contributed by atoms with E-state index in [1.807, 2.05) is 0 Å². The summed E-state index contributed by atoms with van der Waals surface area (Å²) in [6.45, 7) is 0.479. The normalized spacial score (nSPS) is 36.6. The monoisotopic (exact) mass is 156 g/mol. The van der Waals surface area contributed by atoms with E-state index in [0.29, 0.717) is 12.5 Å². The summed E-state index contributed by atoms with van der Waals surface area (Å²) in [5, 5.41) is 2.69. The zero-order valence-corrected chi connectivity index (χ0v) is 6.25. The number of carbonyl (C=O) groups excluding carboxylic acids is 1. The van der Waals surface area contributed by atoms with Crippen molar-refractivity contribution < 1.29 is 9.53 Å². The lowest BCUT2D eigenvalue weighted by Crippen LogP contribution is -2.39. The van der Waals surface area contributed by atoms with Crippen LogP contribution in [0.5, 0.6) is 0 Å². The van der Waals surface area contributed by atoms with Gasteiger partial charge in [-0.3, -0.25) is 0 Å². The number of amides is 1. The largest absolute Gasteiger partial charge is 0.444 e. The Hall–Kier alpha value is -0.770. The molecule has 3 N–H and O–H groups in total. The average Bonchev–Trinajstić information content (AvgIpc) is 2.75. The zero-order chi connectivity index (χ0) is 7.84. The van der Waals surface area contributed by atoms with Crippen LogP contribution in [0.4, 0.5) is 4.79 Å². The molecule has 0 aromatic carbocycles. The van der Waals surface area contributed by atoms with Crippen LogP contribution in [0.25, 0.3) is 0 Å². The molecule has 1 amide bonds. The van der Waals surface area contributed by atoms with E-state index in [4.69, 9.17) is 10.5 Å². The first-order valence-electron chi connectivity index (χ1n) is 3.98. The Kier molecular flexibility index (Phi) is 1.49. The van der Waals surface area contributed by atoms with Crippen LogP contribution in [-0.4, -0.2) is 24.8 Å². The van der Waals surface area contributed by atoms with Crippen molar-refractivity contribution in [1.29, 1.82) is 0 Å². The van der Waals surface area contributed by atoms with Crippen molar-refractivity contribution in [3.8, 4) is 0 Å². The third-order valence-corrected chi connectivity index (χ3v) is 2.28. The Balaban J connectivity index is 2.00. The molecule has 1 aliphatic heterocycles. The maximum Gasteiger partial charge on any atom is 0.407 e. The molecule has 1 heterocycles. The van der Waals surface area contributed by atoms with Crippen LogP contribution < -0.4 is 11.1 Å². The van der Waals surface area contributed by atoms with Gasteiger partial charge in [0.1, 0.15) is 6.10 Å². The van der Waals surface area contributed by atoms with E-state index < -0.39 is 0 Å². The average molecular weight is 156 g/mol. The molecule has 2 rings (SSSR count). The second-order valence-electron chi connectivity index (χ2n) is 3.19. The quantitative estimate of drug-likeness (QED) is 0.583. The standard InChI is InChI=1S/C7H12N2O2/c8-3-5-6(4-1-2-4)11-7(10)9-5/h4-6H,1-3,8H2,(H,9,10). The van der Waals surface area contributed by atoms with Crippen LogP contribution in [0.15, 0.2) is 0 Å². The number of hydrogen-bond donors (Lipinski definition) is 2. The summed E-state index contributed by atoms with van der Waals surface area (Å²) in [6.07, 6.45) is 2.09. The number of hydrogen-bond acceptors (Lipinski definition) is 3. The first kappa shape index (κ1) is 6.91. The highest BCUT2D eigenvalue weighted by atomic mass is 16.6. The fraction of sp³-hybridized carbons (Fsp3) is 0.857. The number of nitrogens with two attached hydrogens (primary N) is 1. The molecule has 2 unspecified atom stereocenters. The van der Waals surface area contributed by atoms with Crippen LogP contribution in [0, 0.1) is 5.92 Å². The molecule has 11 heavy (non-hydrogen) atoms. The molecular weight excluding hydrogens is 144 g/mol. The Bertz CT molecular complexity index is 179. The summed E-state index contributed by atoms with van der Waals surface area (Å²) in [5.41, 5.74) is 5.46. The second-order valence-corrected chi connectivity index (χ2v) is 3.19. The fourth-order valence-electron chi connectivity index (χ4n) is 1.52. The molecule has 1 aliphatic carbocycles. The van der Waals surface area contributed by atoms with Gasteiger partial charge in [0.25, 0.3) is 0 Å². The lowest BCUT2D eigenvalue weighted by atomic mass is 10.1. The molecule has 4 heteroatoms. The molecule has 0 radical (unpaired) electrons. The molecule has 0 aromatic rings. The van der Waals surface area contributed by atoms with Crippen molar-refractivity contribution >= 4 is 6.09 Å². The third kappa shape index (κ3) is 1.18. The molecule has 2 fully saturated rings. The van der Waals surface area contributed by atoms with Crippen molar-refractivity contribution in [2.75, 3.05) is 6.54 Å². The molecule has 0 aromatic heterocycles. The van der Waals surface area contributed by atoms with Crippen molar-refractivity contribution in [2.24, 2.45) is 11.7 Å². The van der Waals surface area contributed by atoms with Crippen LogP contribution in [0.3, 0.4) is 0 Å². The summed E-state index contributed by atoms with van der Waals surface area (Å²) in [7, 11) is 0. The summed E-state index contributed by atoms with van der Waals surface area (Å²) < 4.78 is 5.06. The molecule has 62 valence electrons. The van der Waals surface area contributed by atoms with Crippen LogP contribution in [0.2, 0.25) is 0 Å². The van der Waals surface area contributed by atoms with Gasteiger partial charge in [0.15, 0.2) is 0 Å². The minimum atomic E-state index is -0.308. The van der Waals surface area contributed by atoms with Gasteiger partial charge in [-0.1, -0.05) is 0 Å². The van der Waals surface area contributed by atoms with Crippen LogP contribution in [-0.2, 0) is 4.74 Å². The van der Waals surface area contributed by atoms with Crippen LogP contribution in [0.1, 0.15) is 12.8 Å². The van der Waals surface area contributed by atoms with Crippen LogP contribution >= 0.6 is 0 Å². The fourth-order valence-corrected chi connectivity index (χ4v) is 1.52. The number of alkyl carbamates (subject to hydrolysis) is 1. The highest BCUT2D eigenvalue weighted by molar-refractivity contribution is 5.70. The van der Waals surface area contributed by atoms with E-state index in [1.165, 1.54) is 12.8 Å². The van der Waals surface area contributed by atoms with E-state index in [9.17, 15) is 4.79 Å².